The Morgan fingerprint density at radius 2 is 2.36 bits per heavy atom. The molecule has 0 amide bonds. The molecule has 78 valence electrons. The molecule has 0 N–H and O–H groups in total. The van der Waals surface area contributed by atoms with E-state index in [0.29, 0.717) is 19.6 Å². The zero-order valence-electron chi connectivity index (χ0n) is 8.19. The molecule has 3 nitrogen and oxygen atoms in total. The monoisotopic (exact) mass is 214 g/mol. The van der Waals surface area contributed by atoms with E-state index in [1.54, 1.807) is 18.4 Å². The van der Waals surface area contributed by atoms with Crippen LogP contribution in [0.1, 0.15) is 4.88 Å². The zero-order valence-corrected chi connectivity index (χ0v) is 9.01. The van der Waals surface area contributed by atoms with Gasteiger partial charge < -0.3 is 9.47 Å². The summed E-state index contributed by atoms with van der Waals surface area (Å²) in [6.07, 6.45) is 0.477. The lowest BCUT2D eigenvalue weighted by Gasteiger charge is -2.01. The number of hydrogen-bond acceptors (Lipinski definition) is 4. The predicted molar refractivity (Wildman–Crippen MR) is 55.7 cm³/mol. The maximum absolute atomic E-state index is 11.3. The van der Waals surface area contributed by atoms with Gasteiger partial charge in [0.15, 0.2) is 5.78 Å². The molecular weight excluding hydrogens is 200 g/mol. The number of rotatable bonds is 7. The molecule has 0 aliphatic carbocycles. The summed E-state index contributed by atoms with van der Waals surface area (Å²) in [6.45, 7) is 1.19. The number of Topliss-reactive ketones (excluding diaryl/α,β-unsaturated/α-hetero) is 1. The van der Waals surface area contributed by atoms with E-state index in [1.165, 1.54) is 0 Å². The molecule has 0 atom stereocenters. The quantitative estimate of drug-likeness (QED) is 0.646. The summed E-state index contributed by atoms with van der Waals surface area (Å²) in [6, 6.07) is 3.90. The van der Waals surface area contributed by atoms with Gasteiger partial charge >= 0.3 is 0 Å². The van der Waals surface area contributed by atoms with Gasteiger partial charge in [-0.3, -0.25) is 4.79 Å². The Hall–Kier alpha value is -0.710. The van der Waals surface area contributed by atoms with Gasteiger partial charge in [-0.05, 0) is 11.4 Å². The molecular formula is C10H14O3S. The van der Waals surface area contributed by atoms with Gasteiger partial charge in [-0.15, -0.1) is 11.3 Å². The average molecular weight is 214 g/mol. The van der Waals surface area contributed by atoms with Gasteiger partial charge in [0.1, 0.15) is 6.61 Å². The molecule has 1 aromatic heterocycles. The van der Waals surface area contributed by atoms with E-state index in [2.05, 4.69) is 0 Å². The van der Waals surface area contributed by atoms with Gasteiger partial charge in [-0.2, -0.15) is 0 Å². The predicted octanol–water partition coefficient (Wildman–Crippen LogP) is 1.52. The Kier molecular flexibility index (Phi) is 5.44. The van der Waals surface area contributed by atoms with Crippen molar-refractivity contribution in [2.45, 2.75) is 6.42 Å². The van der Waals surface area contributed by atoms with E-state index in [9.17, 15) is 4.79 Å². The van der Waals surface area contributed by atoms with E-state index in [4.69, 9.17) is 9.47 Å². The molecule has 0 aromatic carbocycles. The molecule has 0 radical (unpaired) electrons. The highest BCUT2D eigenvalue weighted by atomic mass is 32.1. The van der Waals surface area contributed by atoms with Crippen LogP contribution in [0.3, 0.4) is 0 Å². The summed E-state index contributed by atoms with van der Waals surface area (Å²) in [7, 11) is 1.61. The summed E-state index contributed by atoms with van der Waals surface area (Å²) in [5.74, 6) is 0.114. The number of carbonyl (C=O) groups excluding carboxylic acids is 1. The van der Waals surface area contributed by atoms with Crippen molar-refractivity contribution in [2.75, 3.05) is 26.9 Å². The highest BCUT2D eigenvalue weighted by Crippen LogP contribution is 2.09. The van der Waals surface area contributed by atoms with Gasteiger partial charge in [0.2, 0.25) is 0 Å². The fourth-order valence-electron chi connectivity index (χ4n) is 0.987. The molecule has 0 aliphatic heterocycles. The summed E-state index contributed by atoms with van der Waals surface area (Å²) in [5, 5.41) is 1.97. The zero-order chi connectivity index (χ0) is 10.2. The van der Waals surface area contributed by atoms with Crippen molar-refractivity contribution >= 4 is 17.1 Å². The third-order valence-electron chi connectivity index (χ3n) is 1.65. The highest BCUT2D eigenvalue weighted by molar-refractivity contribution is 7.10. The van der Waals surface area contributed by atoms with E-state index in [-0.39, 0.29) is 12.4 Å². The second kappa shape index (κ2) is 6.70. The minimum absolute atomic E-state index is 0.114. The third-order valence-corrected chi connectivity index (χ3v) is 2.52. The molecule has 0 unspecified atom stereocenters. The van der Waals surface area contributed by atoms with Crippen molar-refractivity contribution in [2.24, 2.45) is 0 Å². The maximum Gasteiger partial charge on any atom is 0.163 e. The lowest BCUT2D eigenvalue weighted by atomic mass is 10.2. The number of thiophene rings is 1. The van der Waals surface area contributed by atoms with Crippen molar-refractivity contribution in [3.05, 3.63) is 22.4 Å². The Morgan fingerprint density at radius 3 is 3.00 bits per heavy atom. The van der Waals surface area contributed by atoms with Crippen molar-refractivity contribution in [1.82, 2.24) is 0 Å². The lowest BCUT2D eigenvalue weighted by molar-refractivity contribution is -0.123. The van der Waals surface area contributed by atoms with Crippen molar-refractivity contribution < 1.29 is 14.3 Å². The minimum Gasteiger partial charge on any atom is -0.382 e. The van der Waals surface area contributed by atoms with Crippen molar-refractivity contribution in [3.8, 4) is 0 Å². The van der Waals surface area contributed by atoms with Crippen LogP contribution < -0.4 is 0 Å². The molecule has 4 heteroatoms. The molecule has 0 saturated heterocycles. The van der Waals surface area contributed by atoms with Gasteiger partial charge in [0, 0.05) is 18.4 Å². The highest BCUT2D eigenvalue weighted by Gasteiger charge is 2.04. The number of ketones is 1. The van der Waals surface area contributed by atoms with E-state index < -0.39 is 0 Å². The van der Waals surface area contributed by atoms with Gasteiger partial charge in [0.05, 0.1) is 13.2 Å². The fourth-order valence-corrected chi connectivity index (χ4v) is 1.72. The van der Waals surface area contributed by atoms with Crippen LogP contribution in [0.4, 0.5) is 0 Å². The van der Waals surface area contributed by atoms with Gasteiger partial charge in [-0.1, -0.05) is 6.07 Å². The molecule has 0 spiro atoms. The van der Waals surface area contributed by atoms with Gasteiger partial charge in [-0.25, -0.2) is 0 Å². The third kappa shape index (κ3) is 4.50. The van der Waals surface area contributed by atoms with Crippen LogP contribution in [0, 0.1) is 0 Å². The van der Waals surface area contributed by atoms with E-state index >= 15 is 0 Å². The van der Waals surface area contributed by atoms with Crippen LogP contribution in [-0.4, -0.2) is 32.7 Å². The molecule has 1 rings (SSSR count). The summed E-state index contributed by atoms with van der Waals surface area (Å²) in [5.41, 5.74) is 0. The Labute approximate surface area is 87.7 Å². The first-order valence-corrected chi connectivity index (χ1v) is 5.31. The first-order valence-electron chi connectivity index (χ1n) is 4.43. The largest absolute Gasteiger partial charge is 0.382 e. The number of ether oxygens (including phenoxy) is 2. The van der Waals surface area contributed by atoms with Crippen molar-refractivity contribution in [1.29, 1.82) is 0 Å². The summed E-state index contributed by atoms with van der Waals surface area (Å²) >= 11 is 1.59. The standard InChI is InChI=1S/C10H14O3S/c1-12-4-5-13-8-9(11)7-10-3-2-6-14-10/h2-3,6H,4-5,7-8H2,1H3. The lowest BCUT2D eigenvalue weighted by Crippen LogP contribution is -2.13. The van der Waals surface area contributed by atoms with Gasteiger partial charge in [0.25, 0.3) is 0 Å². The van der Waals surface area contributed by atoms with Crippen molar-refractivity contribution in [3.63, 3.8) is 0 Å². The topological polar surface area (TPSA) is 35.5 Å². The second-order valence-corrected chi connectivity index (χ2v) is 3.87. The molecule has 0 fully saturated rings. The molecule has 1 heterocycles. The summed E-state index contributed by atoms with van der Waals surface area (Å²) < 4.78 is 9.91. The Balaban J connectivity index is 2.11. The Morgan fingerprint density at radius 1 is 1.50 bits per heavy atom. The normalized spacial score (nSPS) is 10.4. The molecule has 1 aromatic rings. The van der Waals surface area contributed by atoms with E-state index in [0.717, 1.165) is 4.88 Å². The summed E-state index contributed by atoms with van der Waals surface area (Å²) in [4.78, 5) is 12.4. The SMILES string of the molecule is COCCOCC(=O)Cc1cccs1. The van der Waals surface area contributed by atoms with Crippen LogP contribution >= 0.6 is 11.3 Å². The average Bonchev–Trinajstić information content (AvgIpc) is 2.65. The molecule has 0 aliphatic rings. The Bertz CT molecular complexity index is 256. The smallest absolute Gasteiger partial charge is 0.163 e. The van der Waals surface area contributed by atoms with Crippen LogP contribution in [0.25, 0.3) is 0 Å². The fraction of sp³-hybridized carbons (Fsp3) is 0.500. The molecule has 0 bridgehead atoms. The minimum atomic E-state index is 0.114. The second-order valence-electron chi connectivity index (χ2n) is 2.84. The molecule has 14 heavy (non-hydrogen) atoms. The first kappa shape index (κ1) is 11.4. The van der Waals surface area contributed by atoms with Crippen LogP contribution in [0.15, 0.2) is 17.5 Å². The van der Waals surface area contributed by atoms with Crippen LogP contribution in [0.5, 0.6) is 0 Å². The first-order chi connectivity index (χ1) is 6.83. The van der Waals surface area contributed by atoms with Crippen LogP contribution in [0.2, 0.25) is 0 Å². The number of hydrogen-bond donors (Lipinski definition) is 0. The van der Waals surface area contributed by atoms with E-state index in [1.807, 2.05) is 17.5 Å². The number of carbonyl (C=O) groups is 1. The molecule has 0 saturated carbocycles. The number of methoxy groups -OCH3 is 1. The van der Waals surface area contributed by atoms with Crippen LogP contribution in [-0.2, 0) is 20.7 Å². The maximum atomic E-state index is 11.3.